The van der Waals surface area contributed by atoms with Gasteiger partial charge in [0.25, 0.3) is 5.91 Å². The molecule has 0 unspecified atom stereocenters. The fourth-order valence-electron chi connectivity index (χ4n) is 3.57. The third-order valence-electron chi connectivity index (χ3n) is 5.11. The number of rotatable bonds is 7. The largest absolute Gasteiger partial charge is 0.491 e. The molecule has 1 heterocycles. The smallest absolute Gasteiger partial charge is 0.255 e. The summed E-state index contributed by atoms with van der Waals surface area (Å²) in [6.45, 7) is 4.52. The van der Waals surface area contributed by atoms with E-state index >= 15 is 0 Å². The predicted molar refractivity (Wildman–Crippen MR) is 129 cm³/mol. The van der Waals surface area contributed by atoms with Gasteiger partial charge in [-0.1, -0.05) is 42.5 Å². The first-order chi connectivity index (χ1) is 15.5. The van der Waals surface area contributed by atoms with Crippen LogP contribution in [0.4, 0.5) is 5.69 Å². The van der Waals surface area contributed by atoms with Crippen molar-refractivity contribution in [3.63, 3.8) is 0 Å². The van der Waals surface area contributed by atoms with Gasteiger partial charge >= 0.3 is 0 Å². The van der Waals surface area contributed by atoms with Crippen LogP contribution in [0.25, 0.3) is 0 Å². The van der Waals surface area contributed by atoms with Crippen LogP contribution < -0.4 is 10.1 Å². The van der Waals surface area contributed by atoms with Gasteiger partial charge in [0.15, 0.2) is 0 Å². The van der Waals surface area contributed by atoms with Gasteiger partial charge in [0.1, 0.15) is 11.1 Å². The molecule has 0 aliphatic carbocycles. The Morgan fingerprint density at radius 1 is 1.03 bits per heavy atom. The predicted octanol–water partition coefficient (Wildman–Crippen LogP) is 5.50. The number of ether oxygens (including phenoxy) is 1. The summed E-state index contributed by atoms with van der Waals surface area (Å²) in [5.41, 5.74) is 3.40. The normalized spacial score (nSPS) is 15.8. The summed E-state index contributed by atoms with van der Waals surface area (Å²) < 4.78 is 5.63. The van der Waals surface area contributed by atoms with E-state index in [0.717, 1.165) is 16.9 Å². The number of anilines is 1. The maximum absolute atomic E-state index is 12.7. The van der Waals surface area contributed by atoms with Crippen molar-refractivity contribution in [2.75, 3.05) is 11.1 Å². The lowest BCUT2D eigenvalue weighted by molar-refractivity contribution is -0.128. The molecule has 1 atom stereocenters. The monoisotopic (exact) mass is 446 g/mol. The summed E-state index contributed by atoms with van der Waals surface area (Å²) in [4.78, 5) is 27.0. The number of nitrogens with zero attached hydrogens (tertiary/aromatic N) is 1. The highest BCUT2D eigenvalue weighted by Crippen LogP contribution is 2.39. The van der Waals surface area contributed by atoms with Crippen LogP contribution >= 0.6 is 11.8 Å². The van der Waals surface area contributed by atoms with Crippen molar-refractivity contribution in [1.29, 1.82) is 0 Å². The number of hydrogen-bond acceptors (Lipinski definition) is 4. The average Bonchev–Trinajstić information content (AvgIpc) is 3.15. The van der Waals surface area contributed by atoms with Crippen LogP contribution in [0.1, 0.15) is 40.7 Å². The SMILES string of the molecule is CC(C)Oc1ccc(NC(=O)c2ccc([C@@H]3SCC(=O)N3Cc3ccccc3)cc2)cc1. The molecule has 1 aliphatic rings. The van der Waals surface area contributed by atoms with Crippen LogP contribution in [0.3, 0.4) is 0 Å². The molecule has 32 heavy (non-hydrogen) atoms. The van der Waals surface area contributed by atoms with Gasteiger partial charge in [0.05, 0.1) is 11.9 Å². The van der Waals surface area contributed by atoms with Crippen LogP contribution in [0.2, 0.25) is 0 Å². The molecular formula is C26H26N2O3S. The summed E-state index contributed by atoms with van der Waals surface area (Å²) in [6.07, 6.45) is 0.103. The van der Waals surface area contributed by atoms with Crippen molar-refractivity contribution in [2.45, 2.75) is 31.9 Å². The summed E-state index contributed by atoms with van der Waals surface area (Å²) in [7, 11) is 0. The minimum atomic E-state index is -0.176. The van der Waals surface area contributed by atoms with Gasteiger partial charge in [0.2, 0.25) is 5.91 Å². The van der Waals surface area contributed by atoms with Gasteiger partial charge in [0, 0.05) is 17.8 Å². The Balaban J connectivity index is 1.41. The molecule has 4 rings (SSSR count). The first kappa shape index (κ1) is 22.0. The van der Waals surface area contributed by atoms with Gasteiger partial charge < -0.3 is 15.0 Å². The maximum Gasteiger partial charge on any atom is 0.255 e. The number of thioether (sulfide) groups is 1. The summed E-state index contributed by atoms with van der Waals surface area (Å²) >= 11 is 1.62. The summed E-state index contributed by atoms with van der Waals surface area (Å²) in [5, 5.41) is 2.86. The van der Waals surface area contributed by atoms with Gasteiger partial charge in [-0.25, -0.2) is 0 Å². The Morgan fingerprint density at radius 2 is 1.72 bits per heavy atom. The van der Waals surface area contributed by atoms with Crippen LogP contribution in [0.15, 0.2) is 78.9 Å². The van der Waals surface area contributed by atoms with Crippen molar-refractivity contribution in [3.8, 4) is 5.75 Å². The second-order valence-corrected chi connectivity index (χ2v) is 9.01. The van der Waals surface area contributed by atoms with Gasteiger partial charge in [-0.3, -0.25) is 9.59 Å². The third kappa shape index (κ3) is 5.32. The van der Waals surface area contributed by atoms with Crippen molar-refractivity contribution in [2.24, 2.45) is 0 Å². The molecule has 2 amide bonds. The van der Waals surface area contributed by atoms with Crippen molar-refractivity contribution in [3.05, 3.63) is 95.6 Å². The van der Waals surface area contributed by atoms with E-state index in [1.54, 1.807) is 11.8 Å². The van der Waals surface area contributed by atoms with Crippen LogP contribution in [0.5, 0.6) is 5.75 Å². The highest BCUT2D eigenvalue weighted by Gasteiger charge is 2.32. The van der Waals surface area contributed by atoms with Crippen LogP contribution in [-0.2, 0) is 11.3 Å². The number of benzene rings is 3. The molecule has 1 N–H and O–H groups in total. The maximum atomic E-state index is 12.7. The molecule has 3 aromatic rings. The molecular weight excluding hydrogens is 420 g/mol. The lowest BCUT2D eigenvalue weighted by Gasteiger charge is -2.24. The van der Waals surface area contributed by atoms with E-state index < -0.39 is 0 Å². The zero-order valence-corrected chi connectivity index (χ0v) is 19.0. The highest BCUT2D eigenvalue weighted by atomic mass is 32.2. The first-order valence-corrected chi connectivity index (χ1v) is 11.7. The lowest BCUT2D eigenvalue weighted by atomic mass is 10.1. The number of amides is 2. The third-order valence-corrected chi connectivity index (χ3v) is 6.36. The van der Waals surface area contributed by atoms with Crippen molar-refractivity contribution in [1.82, 2.24) is 4.90 Å². The lowest BCUT2D eigenvalue weighted by Crippen LogP contribution is -2.27. The number of carbonyl (C=O) groups excluding carboxylic acids is 2. The second-order valence-electron chi connectivity index (χ2n) is 7.94. The van der Waals surface area contributed by atoms with Crippen LogP contribution in [0, 0.1) is 0 Å². The fourth-order valence-corrected chi connectivity index (χ4v) is 4.76. The Morgan fingerprint density at radius 3 is 2.38 bits per heavy atom. The molecule has 0 bridgehead atoms. The van der Waals surface area contributed by atoms with Crippen molar-refractivity contribution < 1.29 is 14.3 Å². The topological polar surface area (TPSA) is 58.6 Å². The zero-order chi connectivity index (χ0) is 22.5. The molecule has 6 heteroatoms. The van der Waals surface area contributed by atoms with E-state index in [9.17, 15) is 9.59 Å². The Hall–Kier alpha value is -3.25. The summed E-state index contributed by atoms with van der Waals surface area (Å²) in [5.74, 6) is 1.20. The van der Waals surface area contributed by atoms with Crippen LogP contribution in [-0.4, -0.2) is 28.6 Å². The minimum Gasteiger partial charge on any atom is -0.491 e. The van der Waals surface area contributed by atoms with Crippen molar-refractivity contribution >= 4 is 29.3 Å². The Bertz CT molecular complexity index is 1070. The molecule has 0 saturated carbocycles. The molecule has 0 radical (unpaired) electrons. The molecule has 5 nitrogen and oxygen atoms in total. The highest BCUT2D eigenvalue weighted by molar-refractivity contribution is 8.00. The molecule has 0 spiro atoms. The molecule has 1 saturated heterocycles. The molecule has 1 fully saturated rings. The molecule has 164 valence electrons. The molecule has 1 aliphatic heterocycles. The van der Waals surface area contributed by atoms with E-state index in [1.165, 1.54) is 0 Å². The fraction of sp³-hybridized carbons (Fsp3) is 0.231. The van der Waals surface area contributed by atoms with E-state index in [-0.39, 0.29) is 23.3 Å². The molecule has 3 aromatic carbocycles. The zero-order valence-electron chi connectivity index (χ0n) is 18.2. The quantitative estimate of drug-likeness (QED) is 0.521. The second kappa shape index (κ2) is 9.92. The number of nitrogens with one attached hydrogen (secondary N) is 1. The van der Waals surface area contributed by atoms with E-state index in [4.69, 9.17) is 4.74 Å². The standard InChI is InChI=1S/C26H26N2O3S/c1-18(2)31-23-14-12-22(13-15-23)27-25(30)20-8-10-21(11-9-20)26-28(24(29)17-32-26)16-19-6-4-3-5-7-19/h3-15,18,26H,16-17H2,1-2H3,(H,27,30)/t26-/m0/s1. The number of hydrogen-bond donors (Lipinski definition) is 1. The molecule has 0 aromatic heterocycles. The van der Waals surface area contributed by atoms with Gasteiger partial charge in [-0.05, 0) is 61.4 Å². The van der Waals surface area contributed by atoms with E-state index in [1.807, 2.05) is 97.6 Å². The average molecular weight is 447 g/mol. The Labute approximate surface area is 192 Å². The van der Waals surface area contributed by atoms with Gasteiger partial charge in [-0.2, -0.15) is 0 Å². The number of carbonyl (C=O) groups is 2. The Kier molecular flexibility index (Phi) is 6.81. The van der Waals surface area contributed by atoms with Gasteiger partial charge in [-0.15, -0.1) is 11.8 Å². The summed E-state index contributed by atoms with van der Waals surface area (Å²) in [6, 6.07) is 24.8. The van der Waals surface area contributed by atoms with E-state index in [0.29, 0.717) is 23.5 Å². The van der Waals surface area contributed by atoms with E-state index in [2.05, 4.69) is 5.32 Å². The minimum absolute atomic E-state index is 0.0479. The first-order valence-electron chi connectivity index (χ1n) is 10.6.